The van der Waals surface area contributed by atoms with Crippen molar-refractivity contribution in [2.75, 3.05) is 19.7 Å². The number of ether oxygens (including phenoxy) is 1. The van der Waals surface area contributed by atoms with Gasteiger partial charge in [-0.2, -0.15) is 0 Å². The minimum Gasteiger partial charge on any atom is -0.481 e. The smallest absolute Gasteiger partial charge is 0.407 e. The molecule has 2 aromatic rings. The molecule has 2 aliphatic rings. The summed E-state index contributed by atoms with van der Waals surface area (Å²) < 4.78 is 5.55. The second-order valence-corrected chi connectivity index (χ2v) is 9.45. The first-order chi connectivity index (χ1) is 16.4. The van der Waals surface area contributed by atoms with Gasteiger partial charge in [0.05, 0.1) is 12.3 Å². The summed E-state index contributed by atoms with van der Waals surface area (Å²) in [7, 11) is 0. The summed E-state index contributed by atoms with van der Waals surface area (Å²) in [5.41, 5.74) is 4.30. The molecule has 1 atom stereocenters. The fourth-order valence-electron chi connectivity index (χ4n) is 5.11. The number of hydrogen-bond donors (Lipinski definition) is 3. The number of benzene rings is 2. The van der Waals surface area contributed by atoms with Gasteiger partial charge in [-0.05, 0) is 46.9 Å². The van der Waals surface area contributed by atoms with Crippen LogP contribution >= 0.6 is 0 Å². The van der Waals surface area contributed by atoms with Crippen LogP contribution in [0.3, 0.4) is 0 Å². The van der Waals surface area contributed by atoms with Gasteiger partial charge in [0.1, 0.15) is 6.61 Å². The minimum absolute atomic E-state index is 0.0173. The maximum atomic E-state index is 12.7. The van der Waals surface area contributed by atoms with Crippen LogP contribution in [0.25, 0.3) is 11.1 Å². The van der Waals surface area contributed by atoms with Crippen LogP contribution in [-0.4, -0.2) is 42.8 Å². The number of carbonyl (C=O) groups excluding carboxylic acids is 2. The van der Waals surface area contributed by atoms with Crippen molar-refractivity contribution in [2.24, 2.45) is 11.3 Å². The summed E-state index contributed by atoms with van der Waals surface area (Å²) in [5, 5.41) is 14.8. The molecule has 0 spiro atoms. The van der Waals surface area contributed by atoms with E-state index in [1.165, 1.54) is 11.1 Å². The van der Waals surface area contributed by atoms with Crippen LogP contribution < -0.4 is 10.6 Å². The Balaban J connectivity index is 1.27. The lowest BCUT2D eigenvalue weighted by Crippen LogP contribution is -2.46. The van der Waals surface area contributed by atoms with Crippen LogP contribution in [0.15, 0.2) is 48.5 Å². The highest BCUT2D eigenvalue weighted by atomic mass is 16.5. The first kappa shape index (κ1) is 23.8. The first-order valence-corrected chi connectivity index (χ1v) is 12.0. The van der Waals surface area contributed by atoms with Crippen LogP contribution in [0.5, 0.6) is 0 Å². The summed E-state index contributed by atoms with van der Waals surface area (Å²) in [6, 6.07) is 16.3. The van der Waals surface area contributed by atoms with Crippen molar-refractivity contribution in [3.05, 3.63) is 59.7 Å². The van der Waals surface area contributed by atoms with Gasteiger partial charge in [-0.1, -0.05) is 61.9 Å². The predicted molar refractivity (Wildman–Crippen MR) is 128 cm³/mol. The van der Waals surface area contributed by atoms with Crippen LogP contribution in [0.1, 0.15) is 56.1 Å². The zero-order valence-corrected chi connectivity index (χ0v) is 19.5. The molecule has 7 nitrogen and oxygen atoms in total. The van der Waals surface area contributed by atoms with Gasteiger partial charge in [0, 0.05) is 19.0 Å². The monoisotopic (exact) mass is 464 g/mol. The van der Waals surface area contributed by atoms with E-state index in [0.717, 1.165) is 30.4 Å². The highest BCUT2D eigenvalue weighted by molar-refractivity contribution is 5.80. The summed E-state index contributed by atoms with van der Waals surface area (Å²) in [5.74, 6) is -1.42. The molecular formula is C27H32N2O5. The Labute approximate surface area is 199 Å². The van der Waals surface area contributed by atoms with Gasteiger partial charge in [-0.3, -0.25) is 9.59 Å². The summed E-state index contributed by atoms with van der Waals surface area (Å²) in [4.78, 5) is 36.2. The Hall–Kier alpha value is -3.35. The third-order valence-corrected chi connectivity index (χ3v) is 7.28. The fraction of sp³-hybridized carbons (Fsp3) is 0.444. The average molecular weight is 465 g/mol. The van der Waals surface area contributed by atoms with E-state index in [4.69, 9.17) is 9.84 Å². The second-order valence-electron chi connectivity index (χ2n) is 9.45. The number of hydrogen-bond acceptors (Lipinski definition) is 4. The van der Waals surface area contributed by atoms with Crippen molar-refractivity contribution >= 4 is 18.0 Å². The highest BCUT2D eigenvalue weighted by Gasteiger charge is 2.39. The molecule has 0 saturated heterocycles. The predicted octanol–water partition coefficient (Wildman–Crippen LogP) is 4.31. The molecule has 2 amide bonds. The van der Waals surface area contributed by atoms with Crippen molar-refractivity contribution in [3.8, 4) is 11.1 Å². The maximum Gasteiger partial charge on any atom is 0.407 e. The minimum atomic E-state index is -0.835. The molecule has 2 aliphatic carbocycles. The highest BCUT2D eigenvalue weighted by Crippen LogP contribution is 2.45. The molecule has 0 heterocycles. The number of rotatable bonds is 10. The van der Waals surface area contributed by atoms with Gasteiger partial charge in [0.2, 0.25) is 5.91 Å². The maximum absolute atomic E-state index is 12.7. The Morgan fingerprint density at radius 1 is 1.03 bits per heavy atom. The van der Waals surface area contributed by atoms with Crippen LogP contribution in [0.4, 0.5) is 4.79 Å². The molecule has 0 aliphatic heterocycles. The molecule has 180 valence electrons. The number of carbonyl (C=O) groups is 3. The number of alkyl carbamates (subject to hydrolysis) is 1. The van der Waals surface area contributed by atoms with E-state index in [1.807, 2.05) is 31.2 Å². The summed E-state index contributed by atoms with van der Waals surface area (Å²) >= 11 is 0. The Morgan fingerprint density at radius 2 is 1.65 bits per heavy atom. The third-order valence-electron chi connectivity index (χ3n) is 7.28. The zero-order chi connectivity index (χ0) is 24.1. The molecule has 0 bridgehead atoms. The molecule has 0 aromatic heterocycles. The number of nitrogens with one attached hydrogen (secondary N) is 2. The normalized spacial score (nSPS) is 16.5. The quantitative estimate of drug-likeness (QED) is 0.486. The Kier molecular flexibility index (Phi) is 7.20. The van der Waals surface area contributed by atoms with Crippen molar-refractivity contribution in [3.63, 3.8) is 0 Å². The van der Waals surface area contributed by atoms with Crippen molar-refractivity contribution in [1.82, 2.24) is 10.6 Å². The lowest BCUT2D eigenvalue weighted by molar-refractivity contribution is -0.142. The van der Waals surface area contributed by atoms with E-state index in [-0.39, 0.29) is 36.8 Å². The van der Waals surface area contributed by atoms with Gasteiger partial charge in [-0.25, -0.2) is 4.79 Å². The van der Waals surface area contributed by atoms with Crippen LogP contribution in [0, 0.1) is 11.3 Å². The van der Waals surface area contributed by atoms with Gasteiger partial charge >= 0.3 is 12.1 Å². The molecule has 1 unspecified atom stereocenters. The molecule has 3 N–H and O–H groups in total. The largest absolute Gasteiger partial charge is 0.481 e. The number of fused-ring (bicyclic) bond motifs is 3. The standard InChI is InChI=1S/C27H32N2O5/c1-2-18(25(32)29-17-27(12-7-13-27)14-24(30)31)15-28-26(33)34-16-23-21-10-5-3-8-19(21)20-9-4-6-11-22(20)23/h3-6,8-11,18,23H,2,7,12-17H2,1H3,(H,28,33)(H,29,32)(H,30,31). The van der Waals surface area contributed by atoms with E-state index < -0.39 is 18.0 Å². The molecule has 0 radical (unpaired) electrons. The lowest BCUT2D eigenvalue weighted by Gasteiger charge is -2.41. The number of aliphatic carboxylic acids is 1. The summed E-state index contributed by atoms with van der Waals surface area (Å²) in [6.45, 7) is 2.64. The SMILES string of the molecule is CCC(CNC(=O)OCC1c2ccccc2-c2ccccc21)C(=O)NCC1(CC(=O)O)CCC1. The van der Waals surface area contributed by atoms with E-state index in [1.54, 1.807) is 0 Å². The molecule has 4 rings (SSSR count). The van der Waals surface area contributed by atoms with Gasteiger partial charge in [0.15, 0.2) is 0 Å². The van der Waals surface area contributed by atoms with E-state index in [0.29, 0.717) is 13.0 Å². The topological polar surface area (TPSA) is 105 Å². The van der Waals surface area contributed by atoms with E-state index in [2.05, 4.69) is 34.9 Å². The number of carboxylic acids is 1. The second kappa shape index (κ2) is 10.3. The molecule has 1 saturated carbocycles. The van der Waals surface area contributed by atoms with Crippen molar-refractivity contribution in [1.29, 1.82) is 0 Å². The first-order valence-electron chi connectivity index (χ1n) is 12.0. The van der Waals surface area contributed by atoms with Crippen LogP contribution in [0.2, 0.25) is 0 Å². The average Bonchev–Trinajstić information content (AvgIpc) is 3.13. The molecule has 34 heavy (non-hydrogen) atoms. The Morgan fingerprint density at radius 3 is 2.18 bits per heavy atom. The summed E-state index contributed by atoms with van der Waals surface area (Å²) in [6.07, 6.45) is 2.70. The molecule has 1 fully saturated rings. The molecule has 2 aromatic carbocycles. The van der Waals surface area contributed by atoms with Gasteiger partial charge < -0.3 is 20.5 Å². The number of carboxylic acid groups (broad SMARTS) is 1. The van der Waals surface area contributed by atoms with Crippen molar-refractivity contribution in [2.45, 2.75) is 44.9 Å². The van der Waals surface area contributed by atoms with Gasteiger partial charge in [-0.15, -0.1) is 0 Å². The lowest BCUT2D eigenvalue weighted by atomic mass is 9.66. The van der Waals surface area contributed by atoms with E-state index >= 15 is 0 Å². The zero-order valence-electron chi connectivity index (χ0n) is 19.5. The molecule has 7 heteroatoms. The van der Waals surface area contributed by atoms with Crippen LogP contribution in [-0.2, 0) is 14.3 Å². The van der Waals surface area contributed by atoms with Crippen molar-refractivity contribution < 1.29 is 24.2 Å². The molecular weight excluding hydrogens is 432 g/mol. The number of amides is 2. The van der Waals surface area contributed by atoms with E-state index in [9.17, 15) is 14.4 Å². The van der Waals surface area contributed by atoms with Gasteiger partial charge in [0.25, 0.3) is 0 Å². The Bertz CT molecular complexity index is 1020. The third kappa shape index (κ3) is 5.08. The fourth-order valence-corrected chi connectivity index (χ4v) is 5.11.